The van der Waals surface area contributed by atoms with E-state index < -0.39 is 0 Å². The molecule has 0 saturated carbocycles. The molecule has 15 heavy (non-hydrogen) atoms. The molecule has 1 rings (SSSR count). The van der Waals surface area contributed by atoms with E-state index >= 15 is 0 Å². The molecule has 0 aromatic rings. The number of carbonyl (C=O) groups excluding carboxylic acids is 1. The summed E-state index contributed by atoms with van der Waals surface area (Å²) in [5, 5.41) is 3.34. The maximum absolute atomic E-state index is 11.3. The predicted molar refractivity (Wildman–Crippen MR) is 59.7 cm³/mol. The van der Waals surface area contributed by atoms with Crippen LogP contribution in [0, 0.1) is 5.92 Å². The van der Waals surface area contributed by atoms with Gasteiger partial charge in [-0.15, -0.1) is 0 Å². The average molecular weight is 214 g/mol. The van der Waals surface area contributed by atoms with Crippen molar-refractivity contribution in [2.24, 2.45) is 5.92 Å². The van der Waals surface area contributed by atoms with E-state index in [9.17, 15) is 4.79 Å². The van der Waals surface area contributed by atoms with Crippen LogP contribution in [0.3, 0.4) is 0 Å². The van der Waals surface area contributed by atoms with Gasteiger partial charge in [-0.3, -0.25) is 4.79 Å². The van der Waals surface area contributed by atoms with Gasteiger partial charge in [-0.1, -0.05) is 0 Å². The molecule has 1 heterocycles. The highest BCUT2D eigenvalue weighted by molar-refractivity contribution is 5.75. The summed E-state index contributed by atoms with van der Waals surface area (Å²) in [6.07, 6.45) is 2.89. The molecule has 1 aliphatic rings. The minimum atomic E-state index is 0.189. The van der Waals surface area contributed by atoms with E-state index in [1.165, 1.54) is 0 Å². The molecule has 1 fully saturated rings. The van der Waals surface area contributed by atoms with Crippen molar-refractivity contribution in [3.63, 3.8) is 0 Å². The minimum absolute atomic E-state index is 0.189. The standard InChI is InChI=1S/C11H22N2O2/c1-13(2)11(14)3-6-12-9-10-4-7-15-8-5-10/h10,12H,3-9H2,1-2H3. The van der Waals surface area contributed by atoms with Crippen LogP contribution in [0.25, 0.3) is 0 Å². The maximum Gasteiger partial charge on any atom is 0.223 e. The molecule has 0 spiro atoms. The molecule has 0 atom stereocenters. The fourth-order valence-corrected chi connectivity index (χ4v) is 1.68. The summed E-state index contributed by atoms with van der Waals surface area (Å²) in [6.45, 7) is 3.59. The molecule has 4 heteroatoms. The predicted octanol–water partition coefficient (Wildman–Crippen LogP) is 0.481. The van der Waals surface area contributed by atoms with Crippen LogP contribution >= 0.6 is 0 Å². The molecule has 0 aromatic heterocycles. The highest BCUT2D eigenvalue weighted by atomic mass is 16.5. The van der Waals surface area contributed by atoms with E-state index in [1.807, 2.05) is 0 Å². The summed E-state index contributed by atoms with van der Waals surface area (Å²) in [5.41, 5.74) is 0. The van der Waals surface area contributed by atoms with Crippen LogP contribution < -0.4 is 5.32 Å². The lowest BCUT2D eigenvalue weighted by Crippen LogP contribution is -2.31. The Bertz CT molecular complexity index is 189. The number of hydrogen-bond donors (Lipinski definition) is 1. The number of hydrogen-bond acceptors (Lipinski definition) is 3. The zero-order chi connectivity index (χ0) is 11.1. The highest BCUT2D eigenvalue weighted by Gasteiger charge is 2.13. The van der Waals surface area contributed by atoms with E-state index in [2.05, 4.69) is 5.32 Å². The summed E-state index contributed by atoms with van der Waals surface area (Å²) in [7, 11) is 3.58. The molecule has 1 amide bonds. The minimum Gasteiger partial charge on any atom is -0.381 e. The number of carbonyl (C=O) groups is 1. The molecule has 88 valence electrons. The Morgan fingerprint density at radius 1 is 1.40 bits per heavy atom. The van der Waals surface area contributed by atoms with Crippen molar-refractivity contribution in [2.75, 3.05) is 40.4 Å². The van der Waals surface area contributed by atoms with E-state index in [0.29, 0.717) is 6.42 Å². The summed E-state index contributed by atoms with van der Waals surface area (Å²) in [6, 6.07) is 0. The van der Waals surface area contributed by atoms with E-state index in [4.69, 9.17) is 4.74 Å². The summed E-state index contributed by atoms with van der Waals surface area (Å²) < 4.78 is 5.29. The molecular weight excluding hydrogens is 192 g/mol. The van der Waals surface area contributed by atoms with Crippen LogP contribution in [0.5, 0.6) is 0 Å². The first kappa shape index (κ1) is 12.5. The Labute approximate surface area is 92.0 Å². The lowest BCUT2D eigenvalue weighted by Gasteiger charge is -2.22. The first-order chi connectivity index (χ1) is 7.20. The van der Waals surface area contributed by atoms with Crippen LogP contribution in [0.2, 0.25) is 0 Å². The van der Waals surface area contributed by atoms with E-state index in [1.54, 1.807) is 19.0 Å². The number of nitrogens with zero attached hydrogens (tertiary/aromatic N) is 1. The van der Waals surface area contributed by atoms with Crippen molar-refractivity contribution in [3.8, 4) is 0 Å². The largest absolute Gasteiger partial charge is 0.381 e. The average Bonchev–Trinajstić information content (AvgIpc) is 2.25. The zero-order valence-corrected chi connectivity index (χ0v) is 9.79. The van der Waals surface area contributed by atoms with Crippen LogP contribution in [0.15, 0.2) is 0 Å². The Balaban J connectivity index is 1.98. The van der Waals surface area contributed by atoms with Gasteiger partial charge in [0.25, 0.3) is 0 Å². The third kappa shape index (κ3) is 5.14. The number of ether oxygens (including phenoxy) is 1. The van der Waals surface area contributed by atoms with Crippen LogP contribution in [-0.4, -0.2) is 51.2 Å². The van der Waals surface area contributed by atoms with Gasteiger partial charge in [-0.2, -0.15) is 0 Å². The summed E-state index contributed by atoms with van der Waals surface area (Å²) in [5.74, 6) is 0.919. The van der Waals surface area contributed by atoms with Gasteiger partial charge in [0.2, 0.25) is 5.91 Å². The van der Waals surface area contributed by atoms with Gasteiger partial charge in [-0.25, -0.2) is 0 Å². The lowest BCUT2D eigenvalue weighted by molar-refractivity contribution is -0.128. The molecular formula is C11H22N2O2. The van der Waals surface area contributed by atoms with Gasteiger partial charge in [0.15, 0.2) is 0 Å². The van der Waals surface area contributed by atoms with Crippen molar-refractivity contribution < 1.29 is 9.53 Å². The van der Waals surface area contributed by atoms with Crippen LogP contribution in [0.4, 0.5) is 0 Å². The van der Waals surface area contributed by atoms with Crippen molar-refractivity contribution in [1.29, 1.82) is 0 Å². The van der Waals surface area contributed by atoms with Gasteiger partial charge in [0, 0.05) is 40.3 Å². The topological polar surface area (TPSA) is 41.6 Å². The number of rotatable bonds is 5. The highest BCUT2D eigenvalue weighted by Crippen LogP contribution is 2.12. The molecule has 0 aromatic carbocycles. The second-order valence-electron chi connectivity index (χ2n) is 4.30. The maximum atomic E-state index is 11.3. The Hall–Kier alpha value is -0.610. The van der Waals surface area contributed by atoms with Gasteiger partial charge < -0.3 is 15.0 Å². The zero-order valence-electron chi connectivity index (χ0n) is 9.79. The third-order valence-electron chi connectivity index (χ3n) is 2.79. The quantitative estimate of drug-likeness (QED) is 0.677. The van der Waals surface area contributed by atoms with Crippen molar-refractivity contribution >= 4 is 5.91 Å². The van der Waals surface area contributed by atoms with Crippen molar-refractivity contribution in [1.82, 2.24) is 10.2 Å². The molecule has 1 saturated heterocycles. The second-order valence-corrected chi connectivity index (χ2v) is 4.30. The smallest absolute Gasteiger partial charge is 0.223 e. The normalized spacial score (nSPS) is 17.7. The van der Waals surface area contributed by atoms with Gasteiger partial charge in [-0.05, 0) is 25.3 Å². The Kier molecular flexibility index (Phi) is 5.65. The number of amides is 1. The van der Waals surface area contributed by atoms with Crippen LogP contribution in [-0.2, 0) is 9.53 Å². The fraction of sp³-hybridized carbons (Fsp3) is 0.909. The molecule has 0 aliphatic carbocycles. The Morgan fingerprint density at radius 2 is 2.07 bits per heavy atom. The molecule has 0 radical (unpaired) electrons. The molecule has 1 N–H and O–H groups in total. The first-order valence-electron chi connectivity index (χ1n) is 5.68. The second kappa shape index (κ2) is 6.80. The van der Waals surface area contributed by atoms with Gasteiger partial charge in [0.1, 0.15) is 0 Å². The summed E-state index contributed by atoms with van der Waals surface area (Å²) >= 11 is 0. The van der Waals surface area contributed by atoms with Crippen molar-refractivity contribution in [3.05, 3.63) is 0 Å². The summed E-state index contributed by atoms with van der Waals surface area (Å²) in [4.78, 5) is 12.9. The van der Waals surface area contributed by atoms with Crippen molar-refractivity contribution in [2.45, 2.75) is 19.3 Å². The Morgan fingerprint density at radius 3 is 2.67 bits per heavy atom. The molecule has 0 bridgehead atoms. The monoisotopic (exact) mass is 214 g/mol. The lowest BCUT2D eigenvalue weighted by atomic mass is 10.0. The van der Waals surface area contributed by atoms with Gasteiger partial charge in [0.05, 0.1) is 0 Å². The van der Waals surface area contributed by atoms with E-state index in [0.717, 1.165) is 45.1 Å². The third-order valence-corrected chi connectivity index (χ3v) is 2.79. The molecule has 4 nitrogen and oxygen atoms in total. The SMILES string of the molecule is CN(C)C(=O)CCNCC1CCOCC1. The molecule has 1 aliphatic heterocycles. The fourth-order valence-electron chi connectivity index (χ4n) is 1.68. The van der Waals surface area contributed by atoms with E-state index in [-0.39, 0.29) is 5.91 Å². The first-order valence-corrected chi connectivity index (χ1v) is 5.68. The molecule has 0 unspecified atom stereocenters. The number of nitrogens with one attached hydrogen (secondary N) is 1. The van der Waals surface area contributed by atoms with Crippen LogP contribution in [0.1, 0.15) is 19.3 Å². The van der Waals surface area contributed by atoms with Gasteiger partial charge >= 0.3 is 0 Å².